The van der Waals surface area contributed by atoms with Gasteiger partial charge in [-0.15, -0.1) is 11.3 Å². The van der Waals surface area contributed by atoms with Crippen LogP contribution in [0.2, 0.25) is 0 Å². The number of aryl methyl sites for hydroxylation is 1. The highest BCUT2D eigenvalue weighted by atomic mass is 32.1. The van der Waals surface area contributed by atoms with E-state index in [0.717, 1.165) is 16.5 Å². The van der Waals surface area contributed by atoms with Crippen molar-refractivity contribution in [3.05, 3.63) is 34.7 Å². The Bertz CT molecular complexity index is 678. The van der Waals surface area contributed by atoms with Gasteiger partial charge in [0.2, 0.25) is 5.91 Å². The summed E-state index contributed by atoms with van der Waals surface area (Å²) in [5.74, 6) is 0.620. The second-order valence-corrected chi connectivity index (χ2v) is 6.83. The Labute approximate surface area is 138 Å². The number of hydrogen-bond donors (Lipinski definition) is 2. The van der Waals surface area contributed by atoms with E-state index in [1.165, 1.54) is 11.3 Å². The molecular weight excluding hydrogens is 314 g/mol. The highest BCUT2D eigenvalue weighted by Gasteiger charge is 2.37. The summed E-state index contributed by atoms with van der Waals surface area (Å²) >= 11 is 1.53. The minimum atomic E-state index is -0.939. The zero-order valence-electron chi connectivity index (χ0n) is 12.9. The molecule has 0 bridgehead atoms. The second-order valence-electron chi connectivity index (χ2n) is 5.77. The van der Waals surface area contributed by atoms with E-state index in [-0.39, 0.29) is 18.9 Å². The third-order valence-corrected chi connectivity index (χ3v) is 4.65. The lowest BCUT2D eigenvalue weighted by Crippen LogP contribution is -2.45. The van der Waals surface area contributed by atoms with Crippen molar-refractivity contribution >= 4 is 23.1 Å². The van der Waals surface area contributed by atoms with Crippen LogP contribution in [0.25, 0.3) is 0 Å². The summed E-state index contributed by atoms with van der Waals surface area (Å²) in [6.45, 7) is 3.26. The van der Waals surface area contributed by atoms with Crippen LogP contribution < -0.4 is 10.2 Å². The number of rotatable bonds is 5. The zero-order chi connectivity index (χ0) is 16.3. The van der Waals surface area contributed by atoms with Crippen molar-refractivity contribution in [3.8, 4) is 0 Å². The van der Waals surface area contributed by atoms with Gasteiger partial charge < -0.3 is 15.3 Å². The smallest absolute Gasteiger partial charge is 0.226 e. The predicted molar refractivity (Wildman–Crippen MR) is 87.4 cm³/mol. The van der Waals surface area contributed by atoms with Gasteiger partial charge in [0.25, 0.3) is 0 Å². The zero-order valence-corrected chi connectivity index (χ0v) is 13.7. The van der Waals surface area contributed by atoms with E-state index >= 15 is 0 Å². The Morgan fingerprint density at radius 1 is 1.52 bits per heavy atom. The molecule has 0 aliphatic carbocycles. The first kappa shape index (κ1) is 15.8. The average Bonchev–Trinajstić information content (AvgIpc) is 3.13. The highest BCUT2D eigenvalue weighted by Crippen LogP contribution is 2.24. The summed E-state index contributed by atoms with van der Waals surface area (Å²) in [6.07, 6.45) is 5.75. The molecule has 1 aliphatic heterocycles. The summed E-state index contributed by atoms with van der Waals surface area (Å²) in [6, 6.07) is 0. The first-order chi connectivity index (χ1) is 11.0. The SMILES string of the molecule is Cc1nc(CC(=O)NC[C@]2(O)CCN(c3cnccn3)C2)cs1. The molecule has 1 fully saturated rings. The van der Waals surface area contributed by atoms with Crippen molar-refractivity contribution in [3.63, 3.8) is 0 Å². The van der Waals surface area contributed by atoms with Gasteiger partial charge in [-0.2, -0.15) is 0 Å². The molecule has 3 heterocycles. The van der Waals surface area contributed by atoms with Crippen LogP contribution in [0.1, 0.15) is 17.1 Å². The van der Waals surface area contributed by atoms with Crippen molar-refractivity contribution in [2.45, 2.75) is 25.4 Å². The fourth-order valence-corrected chi connectivity index (χ4v) is 3.24. The normalized spacial score (nSPS) is 20.7. The summed E-state index contributed by atoms with van der Waals surface area (Å²) in [7, 11) is 0. The van der Waals surface area contributed by atoms with Crippen LogP contribution in [0.15, 0.2) is 24.0 Å². The third-order valence-electron chi connectivity index (χ3n) is 3.83. The van der Waals surface area contributed by atoms with Crippen LogP contribution in [0.5, 0.6) is 0 Å². The number of carbonyl (C=O) groups is 1. The molecule has 7 nitrogen and oxygen atoms in total. The number of aliphatic hydroxyl groups is 1. The lowest BCUT2D eigenvalue weighted by Gasteiger charge is -2.24. The molecule has 2 N–H and O–H groups in total. The molecule has 1 atom stereocenters. The lowest BCUT2D eigenvalue weighted by atomic mass is 10.0. The van der Waals surface area contributed by atoms with Gasteiger partial charge in [-0.05, 0) is 13.3 Å². The molecule has 23 heavy (non-hydrogen) atoms. The number of aromatic nitrogens is 3. The Hall–Kier alpha value is -2.06. The average molecular weight is 333 g/mol. The first-order valence-corrected chi connectivity index (χ1v) is 8.33. The van der Waals surface area contributed by atoms with Gasteiger partial charge in [-0.25, -0.2) is 9.97 Å². The molecule has 3 rings (SSSR count). The van der Waals surface area contributed by atoms with Gasteiger partial charge in [0.15, 0.2) is 0 Å². The Morgan fingerprint density at radius 3 is 3.09 bits per heavy atom. The van der Waals surface area contributed by atoms with Crippen LogP contribution >= 0.6 is 11.3 Å². The quantitative estimate of drug-likeness (QED) is 0.830. The second kappa shape index (κ2) is 6.59. The predicted octanol–water partition coefficient (Wildman–Crippen LogP) is 0.542. The monoisotopic (exact) mass is 333 g/mol. The Kier molecular flexibility index (Phi) is 4.53. The van der Waals surface area contributed by atoms with Crippen molar-refractivity contribution in [1.29, 1.82) is 0 Å². The van der Waals surface area contributed by atoms with Gasteiger partial charge >= 0.3 is 0 Å². The molecule has 2 aromatic heterocycles. The Morgan fingerprint density at radius 2 is 2.39 bits per heavy atom. The molecule has 0 radical (unpaired) electrons. The lowest BCUT2D eigenvalue weighted by molar-refractivity contribution is -0.121. The number of nitrogens with one attached hydrogen (secondary N) is 1. The summed E-state index contributed by atoms with van der Waals surface area (Å²) < 4.78 is 0. The van der Waals surface area contributed by atoms with Gasteiger partial charge in [0, 0.05) is 37.4 Å². The van der Waals surface area contributed by atoms with Crippen LogP contribution in [-0.4, -0.2) is 51.2 Å². The largest absolute Gasteiger partial charge is 0.386 e. The highest BCUT2D eigenvalue weighted by molar-refractivity contribution is 7.09. The first-order valence-electron chi connectivity index (χ1n) is 7.45. The van der Waals surface area contributed by atoms with Crippen LogP contribution in [0.3, 0.4) is 0 Å². The topological polar surface area (TPSA) is 91.2 Å². The fourth-order valence-electron chi connectivity index (χ4n) is 2.63. The van der Waals surface area contributed by atoms with Gasteiger partial charge in [0.1, 0.15) is 11.4 Å². The molecule has 1 aliphatic rings. The summed E-state index contributed by atoms with van der Waals surface area (Å²) in [5, 5.41) is 16.3. The van der Waals surface area contributed by atoms with Crippen molar-refractivity contribution in [2.24, 2.45) is 0 Å². The molecular formula is C15H19N5O2S. The molecule has 0 spiro atoms. The van der Waals surface area contributed by atoms with Crippen molar-refractivity contribution < 1.29 is 9.90 Å². The minimum Gasteiger partial charge on any atom is -0.386 e. The molecule has 0 unspecified atom stereocenters. The van der Waals surface area contributed by atoms with E-state index in [2.05, 4.69) is 20.3 Å². The molecule has 0 saturated carbocycles. The Balaban J connectivity index is 1.51. The molecule has 1 saturated heterocycles. The molecule has 0 aromatic carbocycles. The van der Waals surface area contributed by atoms with Crippen molar-refractivity contribution in [2.75, 3.05) is 24.5 Å². The standard InChI is InChI=1S/C15H19N5O2S/c1-11-19-12(8-23-11)6-14(21)18-9-15(22)2-5-20(10-15)13-7-16-3-4-17-13/h3-4,7-8,22H,2,5-6,9-10H2,1H3,(H,18,21)/t15-/m1/s1. The third kappa shape index (κ3) is 4.02. The van der Waals surface area contributed by atoms with Gasteiger partial charge in [0.05, 0.1) is 23.3 Å². The number of anilines is 1. The minimum absolute atomic E-state index is 0.123. The van der Waals surface area contributed by atoms with Crippen molar-refractivity contribution in [1.82, 2.24) is 20.3 Å². The van der Waals surface area contributed by atoms with E-state index < -0.39 is 5.60 Å². The van der Waals surface area contributed by atoms with Gasteiger partial charge in [-0.3, -0.25) is 9.78 Å². The number of thiazole rings is 1. The summed E-state index contributed by atoms with van der Waals surface area (Å²) in [4.78, 5) is 26.5. The molecule has 8 heteroatoms. The molecule has 122 valence electrons. The van der Waals surface area contributed by atoms with Crippen LogP contribution in [0, 0.1) is 6.92 Å². The maximum absolute atomic E-state index is 12.0. The van der Waals surface area contributed by atoms with Crippen LogP contribution in [-0.2, 0) is 11.2 Å². The van der Waals surface area contributed by atoms with E-state index in [9.17, 15) is 9.90 Å². The number of nitrogens with zero attached hydrogens (tertiary/aromatic N) is 4. The maximum Gasteiger partial charge on any atom is 0.226 e. The van der Waals surface area contributed by atoms with E-state index in [4.69, 9.17) is 0 Å². The number of amides is 1. The van der Waals surface area contributed by atoms with Gasteiger partial charge in [-0.1, -0.05) is 0 Å². The van der Waals surface area contributed by atoms with E-state index in [1.807, 2.05) is 17.2 Å². The fraction of sp³-hybridized carbons (Fsp3) is 0.467. The molecule has 2 aromatic rings. The van der Waals surface area contributed by atoms with E-state index in [1.54, 1.807) is 18.6 Å². The maximum atomic E-state index is 12.0. The summed E-state index contributed by atoms with van der Waals surface area (Å²) in [5.41, 5.74) is -0.171. The van der Waals surface area contributed by atoms with Crippen LogP contribution in [0.4, 0.5) is 5.82 Å². The van der Waals surface area contributed by atoms with E-state index in [0.29, 0.717) is 19.5 Å². The molecule has 1 amide bonds. The number of carbonyl (C=O) groups excluding carboxylic acids is 1. The number of hydrogen-bond acceptors (Lipinski definition) is 7. The number of β-amino-alcohol motifs (C(OH)–C–C–N with tert-alkyl or cyclic N) is 1.